The second-order valence-corrected chi connectivity index (χ2v) is 7.84. The van der Waals surface area contributed by atoms with Crippen molar-refractivity contribution in [1.82, 2.24) is 4.90 Å². The number of nitrogens with zero attached hydrogens (tertiary/aromatic N) is 2. The van der Waals surface area contributed by atoms with Crippen LogP contribution in [-0.4, -0.2) is 55.5 Å². The van der Waals surface area contributed by atoms with Gasteiger partial charge >= 0.3 is 0 Å². The minimum absolute atomic E-state index is 0.00606. The fraction of sp³-hybridized carbons (Fsp3) is 0.435. The zero-order valence-corrected chi connectivity index (χ0v) is 18.1. The van der Waals surface area contributed by atoms with Gasteiger partial charge in [0.05, 0.1) is 19.9 Å². The number of hydrogen-bond donors (Lipinski definition) is 2. The van der Waals surface area contributed by atoms with E-state index < -0.39 is 0 Å². The summed E-state index contributed by atoms with van der Waals surface area (Å²) in [6.07, 6.45) is 2.69. The van der Waals surface area contributed by atoms with E-state index in [1.165, 1.54) is 12.7 Å². The summed E-state index contributed by atoms with van der Waals surface area (Å²) in [5.41, 5.74) is 3.92. The molecule has 2 N–H and O–H groups in total. The maximum absolute atomic E-state index is 9.79. The quantitative estimate of drug-likeness (QED) is 0.396. The highest BCUT2D eigenvalue weighted by atomic mass is 16.7. The van der Waals surface area contributed by atoms with E-state index in [2.05, 4.69) is 17.1 Å². The Morgan fingerprint density at radius 1 is 1.23 bits per heavy atom. The summed E-state index contributed by atoms with van der Waals surface area (Å²) < 4.78 is 22.2. The lowest BCUT2D eigenvalue weighted by Gasteiger charge is -2.36. The van der Waals surface area contributed by atoms with Crippen LogP contribution in [0, 0.1) is 0 Å². The average molecular weight is 428 g/mol. The molecule has 2 heterocycles. The number of benzene rings is 2. The molecule has 31 heavy (non-hydrogen) atoms. The predicted molar refractivity (Wildman–Crippen MR) is 115 cm³/mol. The number of aromatic hydroxyl groups is 1. The van der Waals surface area contributed by atoms with Crippen LogP contribution in [0.15, 0.2) is 29.4 Å². The first kappa shape index (κ1) is 21.1. The summed E-state index contributed by atoms with van der Waals surface area (Å²) in [6, 6.07) is 7.30. The number of fused-ring (bicyclic) bond motifs is 2. The van der Waals surface area contributed by atoms with Gasteiger partial charge in [-0.25, -0.2) is 0 Å². The van der Waals surface area contributed by atoms with Crippen molar-refractivity contribution in [3.05, 3.63) is 41.0 Å². The third-order valence-electron chi connectivity index (χ3n) is 6.06. The zero-order chi connectivity index (χ0) is 22.0. The van der Waals surface area contributed by atoms with Crippen molar-refractivity contribution in [1.29, 1.82) is 0 Å². The highest BCUT2D eigenvalue weighted by molar-refractivity contribution is 5.85. The summed E-state index contributed by atoms with van der Waals surface area (Å²) in [5.74, 6) is 2.59. The minimum Gasteiger partial charge on any atom is -0.504 e. The molecule has 0 saturated carbocycles. The minimum atomic E-state index is -0.00606. The van der Waals surface area contributed by atoms with Crippen molar-refractivity contribution in [3.8, 4) is 28.7 Å². The van der Waals surface area contributed by atoms with Gasteiger partial charge in [-0.3, -0.25) is 4.90 Å². The highest BCUT2D eigenvalue weighted by Gasteiger charge is 2.34. The van der Waals surface area contributed by atoms with Crippen molar-refractivity contribution < 1.29 is 29.3 Å². The van der Waals surface area contributed by atoms with Gasteiger partial charge in [0.15, 0.2) is 23.0 Å². The normalized spacial score (nSPS) is 18.0. The fourth-order valence-corrected chi connectivity index (χ4v) is 4.37. The van der Waals surface area contributed by atoms with E-state index in [-0.39, 0.29) is 18.6 Å². The molecule has 2 aliphatic rings. The molecule has 2 aliphatic heterocycles. The van der Waals surface area contributed by atoms with E-state index in [0.717, 1.165) is 29.8 Å². The molecule has 0 amide bonds. The first-order chi connectivity index (χ1) is 15.0. The molecule has 2 aromatic rings. The fourth-order valence-electron chi connectivity index (χ4n) is 4.37. The van der Waals surface area contributed by atoms with Crippen LogP contribution in [-0.2, 0) is 12.8 Å². The average Bonchev–Trinajstić information content (AvgIpc) is 3.25. The molecule has 166 valence electrons. The monoisotopic (exact) mass is 428 g/mol. The van der Waals surface area contributed by atoms with Crippen LogP contribution in [0.4, 0.5) is 0 Å². The predicted octanol–water partition coefficient (Wildman–Crippen LogP) is 3.52. The molecular formula is C23H28N2O6. The number of phenols is 1. The molecule has 0 aromatic heterocycles. The Balaban J connectivity index is 1.56. The van der Waals surface area contributed by atoms with Crippen LogP contribution < -0.4 is 18.9 Å². The van der Waals surface area contributed by atoms with Crippen molar-refractivity contribution in [3.63, 3.8) is 0 Å². The van der Waals surface area contributed by atoms with Crippen LogP contribution in [0.25, 0.3) is 0 Å². The van der Waals surface area contributed by atoms with Crippen LogP contribution >= 0.6 is 0 Å². The van der Waals surface area contributed by atoms with E-state index in [0.29, 0.717) is 42.2 Å². The van der Waals surface area contributed by atoms with Crippen molar-refractivity contribution in [2.75, 3.05) is 34.6 Å². The van der Waals surface area contributed by atoms with E-state index in [4.69, 9.17) is 18.9 Å². The van der Waals surface area contributed by atoms with Gasteiger partial charge in [-0.2, -0.15) is 0 Å². The maximum atomic E-state index is 9.79. The summed E-state index contributed by atoms with van der Waals surface area (Å²) in [7, 11) is 5.23. The van der Waals surface area contributed by atoms with Crippen LogP contribution in [0.5, 0.6) is 28.7 Å². The molecule has 8 heteroatoms. The van der Waals surface area contributed by atoms with Gasteiger partial charge in [0.25, 0.3) is 0 Å². The third-order valence-corrected chi connectivity index (χ3v) is 6.06. The van der Waals surface area contributed by atoms with E-state index in [1.807, 2.05) is 12.1 Å². The summed E-state index contributed by atoms with van der Waals surface area (Å²) >= 11 is 0. The highest BCUT2D eigenvalue weighted by Crippen LogP contribution is 2.50. The number of hydrogen-bond acceptors (Lipinski definition) is 8. The third kappa shape index (κ3) is 4.07. The molecule has 4 rings (SSSR count). The standard InChI is InChI=1S/C23H28N2O6/c1-25-9-8-15-11-20-22(31-13-30-20)23(29-3)21(15)17(25)12-16(24-27)6-4-14-5-7-18(26)19(10-14)28-2/h5,7,10-11,17,26-27H,4,6,8-9,12-13H2,1-3H3/t17-/m1/s1. The molecule has 0 radical (unpaired) electrons. The lowest BCUT2D eigenvalue weighted by atomic mass is 9.87. The molecule has 0 bridgehead atoms. The number of methoxy groups -OCH3 is 2. The Morgan fingerprint density at radius 2 is 2.06 bits per heavy atom. The molecule has 0 fully saturated rings. The molecule has 0 spiro atoms. The molecule has 8 nitrogen and oxygen atoms in total. The summed E-state index contributed by atoms with van der Waals surface area (Å²) in [4.78, 5) is 2.25. The largest absolute Gasteiger partial charge is 0.504 e. The van der Waals surface area contributed by atoms with Crippen LogP contribution in [0.3, 0.4) is 0 Å². The van der Waals surface area contributed by atoms with Gasteiger partial charge < -0.3 is 29.3 Å². The summed E-state index contributed by atoms with van der Waals surface area (Å²) in [6.45, 7) is 1.07. The lowest BCUT2D eigenvalue weighted by molar-refractivity contribution is 0.170. The van der Waals surface area contributed by atoms with E-state index in [9.17, 15) is 10.3 Å². The molecule has 1 atom stereocenters. The second-order valence-electron chi connectivity index (χ2n) is 7.84. The maximum Gasteiger partial charge on any atom is 0.231 e. The molecule has 0 unspecified atom stereocenters. The first-order valence-corrected chi connectivity index (χ1v) is 10.3. The molecular weight excluding hydrogens is 400 g/mol. The van der Waals surface area contributed by atoms with Gasteiger partial charge in [0.1, 0.15) is 0 Å². The number of phenolic OH excluding ortho intramolecular Hbond substituents is 1. The summed E-state index contributed by atoms with van der Waals surface area (Å²) in [5, 5.41) is 23.1. The molecule has 2 aromatic carbocycles. The second kappa shape index (κ2) is 8.93. The van der Waals surface area contributed by atoms with Crippen molar-refractivity contribution in [2.24, 2.45) is 5.16 Å². The van der Waals surface area contributed by atoms with Gasteiger partial charge in [-0.05, 0) is 55.6 Å². The van der Waals surface area contributed by atoms with Crippen molar-refractivity contribution >= 4 is 5.71 Å². The van der Waals surface area contributed by atoms with Gasteiger partial charge in [0.2, 0.25) is 12.5 Å². The topological polar surface area (TPSA) is 93.0 Å². The van der Waals surface area contributed by atoms with Crippen LogP contribution in [0.2, 0.25) is 0 Å². The Bertz CT molecular complexity index is 991. The van der Waals surface area contributed by atoms with Gasteiger partial charge in [-0.1, -0.05) is 11.2 Å². The number of rotatable bonds is 7. The smallest absolute Gasteiger partial charge is 0.231 e. The zero-order valence-electron chi connectivity index (χ0n) is 18.1. The van der Waals surface area contributed by atoms with Crippen LogP contribution in [0.1, 0.15) is 35.6 Å². The Morgan fingerprint density at radius 3 is 2.81 bits per heavy atom. The van der Waals surface area contributed by atoms with Crippen molar-refractivity contribution in [2.45, 2.75) is 31.7 Å². The number of ether oxygens (including phenoxy) is 4. The molecule has 0 aliphatic carbocycles. The van der Waals surface area contributed by atoms with E-state index in [1.54, 1.807) is 19.2 Å². The number of oxime groups is 1. The number of aryl methyl sites for hydroxylation is 1. The SMILES string of the molecule is COc1cc(CCC(C[C@@H]2c3c(cc4c(c3OC)OCO4)CCN2C)=NO)ccc1O. The number of likely N-dealkylation sites (N-methyl/N-ethyl adjacent to an activating group) is 1. The van der Waals surface area contributed by atoms with Gasteiger partial charge in [-0.15, -0.1) is 0 Å². The van der Waals surface area contributed by atoms with Gasteiger partial charge in [0, 0.05) is 24.6 Å². The molecule has 0 saturated heterocycles. The Hall–Kier alpha value is -3.13. The van der Waals surface area contributed by atoms with E-state index >= 15 is 0 Å². The Labute approximate surface area is 181 Å². The Kier molecular flexibility index (Phi) is 6.08. The first-order valence-electron chi connectivity index (χ1n) is 10.3. The lowest BCUT2D eigenvalue weighted by Crippen LogP contribution is -2.34.